The smallest absolute Gasteiger partial charge is 0.240 e. The van der Waals surface area contributed by atoms with Gasteiger partial charge in [0.25, 0.3) is 0 Å². The van der Waals surface area contributed by atoms with E-state index in [-0.39, 0.29) is 47.7 Å². The number of hydrogen-bond donors (Lipinski definition) is 3. The molecule has 6 unspecified atom stereocenters. The van der Waals surface area contributed by atoms with Crippen molar-refractivity contribution < 1.29 is 27.8 Å². The molecule has 2 heterocycles. The van der Waals surface area contributed by atoms with E-state index in [0.29, 0.717) is 24.9 Å². The fourth-order valence-electron chi connectivity index (χ4n) is 8.55. The fourth-order valence-corrected chi connectivity index (χ4v) is 9.59. The maximum Gasteiger partial charge on any atom is 0.240 e. The molecule has 1 amide bonds. The number of rotatable bonds is 11. The number of aliphatic hydroxyl groups is 1. The van der Waals surface area contributed by atoms with Crippen molar-refractivity contribution in [3.05, 3.63) is 125 Å². The Bertz CT molecular complexity index is 2000. The van der Waals surface area contributed by atoms with Crippen molar-refractivity contribution in [2.75, 3.05) is 6.54 Å². The number of piperidine rings is 1. The molecular weight excluding hydrogens is 711 g/mol. The van der Waals surface area contributed by atoms with Gasteiger partial charge in [-0.2, -0.15) is 0 Å². The minimum Gasteiger partial charge on any atom is -0.392 e. The van der Waals surface area contributed by atoms with Crippen LogP contribution in [0, 0.1) is 5.92 Å². The van der Waals surface area contributed by atoms with E-state index in [1.54, 1.807) is 30.3 Å². The van der Waals surface area contributed by atoms with Crippen LogP contribution in [0.25, 0.3) is 11.1 Å². The average Bonchev–Trinajstić information content (AvgIpc) is 3.20. The van der Waals surface area contributed by atoms with Gasteiger partial charge in [-0.3, -0.25) is 9.69 Å². The van der Waals surface area contributed by atoms with Crippen molar-refractivity contribution in [1.29, 1.82) is 0 Å². The van der Waals surface area contributed by atoms with Crippen molar-refractivity contribution in [3.8, 4) is 11.1 Å². The van der Waals surface area contributed by atoms with Gasteiger partial charge < -0.3 is 19.9 Å². The Morgan fingerprint density at radius 2 is 1.53 bits per heavy atom. The van der Waals surface area contributed by atoms with Crippen molar-refractivity contribution >= 4 is 15.9 Å². The third-order valence-electron chi connectivity index (χ3n) is 11.3. The van der Waals surface area contributed by atoms with E-state index in [2.05, 4.69) is 14.9 Å². The molecule has 2 saturated heterocycles. The van der Waals surface area contributed by atoms with Crippen LogP contribution in [0.4, 0.5) is 0 Å². The van der Waals surface area contributed by atoms with Gasteiger partial charge in [0.15, 0.2) is 6.29 Å². The highest BCUT2D eigenvalue weighted by Crippen LogP contribution is 2.42. The van der Waals surface area contributed by atoms with Gasteiger partial charge in [0.1, 0.15) is 0 Å². The lowest BCUT2D eigenvalue weighted by atomic mass is 9.75. The van der Waals surface area contributed by atoms with E-state index in [0.717, 1.165) is 52.6 Å². The SMILES string of the molecule is CC(C)(C)NC(=O)C1CCC2CCCCC2N1CC1CC(c2ccc(CO)cc2)OC(c2ccc(-c3cccc(CNS(=O)(=O)c4ccccc4)c3)cc2)O1. The molecule has 3 aliphatic rings. The largest absolute Gasteiger partial charge is 0.392 e. The summed E-state index contributed by atoms with van der Waals surface area (Å²) in [6.45, 7) is 6.92. The highest BCUT2D eigenvalue weighted by molar-refractivity contribution is 7.89. The maximum absolute atomic E-state index is 13.8. The Labute approximate surface area is 326 Å². The van der Waals surface area contributed by atoms with E-state index >= 15 is 0 Å². The summed E-state index contributed by atoms with van der Waals surface area (Å²) in [5, 5.41) is 13.0. The summed E-state index contributed by atoms with van der Waals surface area (Å²) in [7, 11) is -3.63. The summed E-state index contributed by atoms with van der Waals surface area (Å²) < 4.78 is 41.9. The number of carbonyl (C=O) groups excluding carboxylic acids is 1. The van der Waals surface area contributed by atoms with Gasteiger partial charge in [-0.25, -0.2) is 13.1 Å². The molecule has 9 nitrogen and oxygen atoms in total. The number of hydrogen-bond acceptors (Lipinski definition) is 7. The van der Waals surface area contributed by atoms with E-state index in [9.17, 15) is 18.3 Å². The first-order valence-electron chi connectivity index (χ1n) is 19.8. The standard InChI is InChI=1S/C45H55N3O6S/c1-45(2,3)47-43(50)41-25-24-34-11-7-8-15-40(34)48(41)29-38-27-42(35-18-16-31(30-49)17-19-35)54-44(53-38)36-22-20-33(21-23-36)37-12-9-10-32(26-37)28-46-55(51,52)39-13-5-4-6-14-39/h4-6,9-10,12-14,16-23,26,34,38,40-42,44,46,49H,7-8,11,15,24-25,27-30H2,1-3H3,(H,47,50). The molecule has 7 rings (SSSR count). The molecule has 4 aromatic carbocycles. The molecule has 3 fully saturated rings. The molecule has 0 aromatic heterocycles. The van der Waals surface area contributed by atoms with Gasteiger partial charge in [-0.15, -0.1) is 0 Å². The predicted molar refractivity (Wildman–Crippen MR) is 214 cm³/mol. The summed E-state index contributed by atoms with van der Waals surface area (Å²) in [5.41, 5.74) is 5.28. The second kappa shape index (κ2) is 17.1. The summed E-state index contributed by atoms with van der Waals surface area (Å²) in [6.07, 6.45) is 6.29. The van der Waals surface area contributed by atoms with Crippen LogP contribution in [-0.4, -0.2) is 54.6 Å². The lowest BCUT2D eigenvalue weighted by Gasteiger charge is -2.50. The van der Waals surface area contributed by atoms with E-state index in [1.165, 1.54) is 19.3 Å². The minimum atomic E-state index is -3.63. The van der Waals surface area contributed by atoms with E-state index < -0.39 is 16.3 Å². The summed E-state index contributed by atoms with van der Waals surface area (Å²) in [4.78, 5) is 16.5. The fraction of sp³-hybridized carbons (Fsp3) is 0.444. The Hall–Kier alpha value is -3.90. The summed E-state index contributed by atoms with van der Waals surface area (Å²) in [6, 6.07) is 32.5. The molecule has 0 bridgehead atoms. The topological polar surface area (TPSA) is 117 Å². The van der Waals surface area contributed by atoms with Crippen LogP contribution in [0.5, 0.6) is 0 Å². The molecule has 6 atom stereocenters. The van der Waals surface area contributed by atoms with Crippen molar-refractivity contribution in [3.63, 3.8) is 0 Å². The van der Waals surface area contributed by atoms with Gasteiger partial charge in [0.05, 0.1) is 29.8 Å². The third kappa shape index (κ3) is 9.74. The number of likely N-dealkylation sites (tertiary alicyclic amines) is 1. The molecule has 292 valence electrons. The van der Waals surface area contributed by atoms with Crippen molar-refractivity contribution in [2.45, 2.75) is 120 Å². The van der Waals surface area contributed by atoms with Crippen LogP contribution in [0.2, 0.25) is 0 Å². The van der Waals surface area contributed by atoms with Gasteiger partial charge in [-0.05, 0) is 98.4 Å². The third-order valence-corrected chi connectivity index (χ3v) is 12.7. The molecule has 1 saturated carbocycles. The van der Waals surface area contributed by atoms with Crippen LogP contribution in [0.1, 0.15) is 100 Å². The number of sulfonamides is 1. The normalized spacial score (nSPS) is 24.9. The Morgan fingerprint density at radius 3 is 2.25 bits per heavy atom. The van der Waals surface area contributed by atoms with Gasteiger partial charge in [0.2, 0.25) is 15.9 Å². The number of carbonyl (C=O) groups is 1. The summed E-state index contributed by atoms with van der Waals surface area (Å²) in [5.74, 6) is 0.699. The predicted octanol–water partition coefficient (Wildman–Crippen LogP) is 7.81. The molecule has 4 aromatic rings. The van der Waals surface area contributed by atoms with Crippen LogP contribution >= 0.6 is 0 Å². The van der Waals surface area contributed by atoms with Crippen LogP contribution in [-0.2, 0) is 37.4 Å². The first-order valence-corrected chi connectivity index (χ1v) is 21.3. The number of fused-ring (bicyclic) bond motifs is 1. The van der Waals surface area contributed by atoms with E-state index in [4.69, 9.17) is 9.47 Å². The number of aliphatic hydroxyl groups excluding tert-OH is 1. The molecule has 10 heteroatoms. The lowest BCUT2D eigenvalue weighted by molar-refractivity contribution is -0.255. The van der Waals surface area contributed by atoms with Gasteiger partial charge in [-0.1, -0.05) is 97.8 Å². The quantitative estimate of drug-likeness (QED) is 0.143. The first kappa shape index (κ1) is 39.3. The second-order valence-corrected chi connectivity index (χ2v) is 18.2. The van der Waals surface area contributed by atoms with Crippen LogP contribution < -0.4 is 10.0 Å². The minimum absolute atomic E-state index is 0.0196. The maximum atomic E-state index is 13.8. The first-order chi connectivity index (χ1) is 26.5. The molecule has 0 radical (unpaired) electrons. The molecule has 3 N–H and O–H groups in total. The van der Waals surface area contributed by atoms with Crippen LogP contribution in [0.3, 0.4) is 0 Å². The number of amides is 1. The Balaban J connectivity index is 1.11. The molecule has 0 spiro atoms. The second-order valence-electron chi connectivity index (χ2n) is 16.5. The molecule has 2 aliphatic heterocycles. The van der Waals surface area contributed by atoms with Gasteiger partial charge >= 0.3 is 0 Å². The highest BCUT2D eigenvalue weighted by atomic mass is 32.2. The number of benzene rings is 4. The zero-order valence-corrected chi connectivity index (χ0v) is 33.0. The van der Waals surface area contributed by atoms with E-state index in [1.807, 2.05) is 93.6 Å². The van der Waals surface area contributed by atoms with Gasteiger partial charge in [0, 0.05) is 36.7 Å². The summed E-state index contributed by atoms with van der Waals surface area (Å²) >= 11 is 0. The number of nitrogens with one attached hydrogen (secondary N) is 2. The van der Waals surface area contributed by atoms with Crippen molar-refractivity contribution in [2.24, 2.45) is 5.92 Å². The number of nitrogens with zero attached hydrogens (tertiary/aromatic N) is 1. The highest BCUT2D eigenvalue weighted by Gasteiger charge is 2.44. The number of ether oxygens (including phenoxy) is 2. The average molecular weight is 766 g/mol. The zero-order chi connectivity index (χ0) is 38.6. The zero-order valence-electron chi connectivity index (χ0n) is 32.2. The monoisotopic (exact) mass is 765 g/mol. The Kier molecular flexibility index (Phi) is 12.2. The molecule has 55 heavy (non-hydrogen) atoms. The Morgan fingerprint density at radius 1 is 0.800 bits per heavy atom. The lowest BCUT2D eigenvalue weighted by Crippen LogP contribution is -2.61. The molecular formula is C45H55N3O6S. The molecule has 1 aliphatic carbocycles. The van der Waals surface area contributed by atoms with Crippen LogP contribution in [0.15, 0.2) is 108 Å². The van der Waals surface area contributed by atoms with Crippen molar-refractivity contribution in [1.82, 2.24) is 14.9 Å².